The van der Waals surface area contributed by atoms with Gasteiger partial charge in [0.05, 0.1) is 23.9 Å². The Hall–Kier alpha value is -2.00. The summed E-state index contributed by atoms with van der Waals surface area (Å²) in [6.07, 6.45) is 1.77. The summed E-state index contributed by atoms with van der Waals surface area (Å²) in [5.41, 5.74) is 12.5. The lowest BCUT2D eigenvalue weighted by Gasteiger charge is -2.05. The number of nitrogens with zero attached hydrogens (tertiary/aromatic N) is 5. The summed E-state index contributed by atoms with van der Waals surface area (Å²) in [4.78, 5) is 7.04. The van der Waals surface area contributed by atoms with Crippen LogP contribution in [0.3, 0.4) is 0 Å². The van der Waals surface area contributed by atoms with Crippen molar-refractivity contribution in [1.82, 2.24) is 9.55 Å². The van der Waals surface area contributed by atoms with Crippen molar-refractivity contribution in [3.8, 4) is 0 Å². The second kappa shape index (κ2) is 3.63. The predicted molar refractivity (Wildman–Crippen MR) is 58.3 cm³/mol. The van der Waals surface area contributed by atoms with Gasteiger partial charge in [-0.05, 0) is 29.6 Å². The molecule has 0 aliphatic carbocycles. The summed E-state index contributed by atoms with van der Waals surface area (Å²) >= 11 is 0. The van der Waals surface area contributed by atoms with Crippen LogP contribution in [-0.2, 0) is 13.6 Å². The molecule has 0 bridgehead atoms. The van der Waals surface area contributed by atoms with E-state index in [-0.39, 0.29) is 0 Å². The molecule has 0 spiro atoms. The highest BCUT2D eigenvalue weighted by Gasteiger charge is 2.07. The number of aromatic nitrogens is 2. The highest BCUT2D eigenvalue weighted by atomic mass is 15.1. The fourth-order valence-electron chi connectivity index (χ4n) is 1.73. The average Bonchev–Trinajstić information content (AvgIpc) is 2.60. The van der Waals surface area contributed by atoms with Crippen molar-refractivity contribution in [3.05, 3.63) is 40.0 Å². The fraction of sp³-hybridized carbons (Fsp3) is 0.300. The third-order valence-corrected chi connectivity index (χ3v) is 2.51. The van der Waals surface area contributed by atoms with E-state index in [2.05, 4.69) is 15.0 Å². The molecule has 0 aliphatic heterocycles. The van der Waals surface area contributed by atoms with E-state index in [0.29, 0.717) is 6.54 Å². The molecule has 0 aliphatic rings. The van der Waals surface area contributed by atoms with Crippen LogP contribution in [0.5, 0.6) is 0 Å². The minimum Gasteiger partial charge on any atom is -0.333 e. The van der Waals surface area contributed by atoms with E-state index >= 15 is 0 Å². The largest absolute Gasteiger partial charge is 0.333 e. The van der Waals surface area contributed by atoms with Crippen LogP contribution in [0.25, 0.3) is 21.5 Å². The van der Waals surface area contributed by atoms with E-state index in [1.807, 2.05) is 30.7 Å². The van der Waals surface area contributed by atoms with Gasteiger partial charge in [0.1, 0.15) is 0 Å². The maximum atomic E-state index is 8.35. The summed E-state index contributed by atoms with van der Waals surface area (Å²) in [5, 5.41) is 3.61. The van der Waals surface area contributed by atoms with Crippen molar-refractivity contribution < 1.29 is 0 Å². The SMILES string of the molecule is Cc1ccc2ncn(C)c2c1CN=[N+]=[N-]. The Kier molecular flexibility index (Phi) is 2.31. The first kappa shape index (κ1) is 9.55. The Morgan fingerprint density at radius 1 is 1.53 bits per heavy atom. The van der Waals surface area contributed by atoms with Crippen molar-refractivity contribution in [2.45, 2.75) is 13.5 Å². The number of rotatable bonds is 2. The molecule has 0 atom stereocenters. The Balaban J connectivity index is 2.71. The molecule has 76 valence electrons. The lowest BCUT2D eigenvalue weighted by atomic mass is 10.1. The third kappa shape index (κ3) is 1.53. The van der Waals surface area contributed by atoms with E-state index in [4.69, 9.17) is 5.53 Å². The summed E-state index contributed by atoms with van der Waals surface area (Å²) in [6.45, 7) is 2.38. The molecule has 0 radical (unpaired) electrons. The number of aryl methyl sites for hydroxylation is 2. The molecule has 5 heteroatoms. The summed E-state index contributed by atoms with van der Waals surface area (Å²) in [7, 11) is 1.94. The van der Waals surface area contributed by atoms with Crippen LogP contribution in [-0.4, -0.2) is 9.55 Å². The van der Waals surface area contributed by atoms with Gasteiger partial charge in [-0.25, -0.2) is 4.98 Å². The summed E-state index contributed by atoms with van der Waals surface area (Å²) in [5.74, 6) is 0. The average molecular weight is 201 g/mol. The van der Waals surface area contributed by atoms with Crippen molar-refractivity contribution in [3.63, 3.8) is 0 Å². The molecule has 0 saturated heterocycles. The first-order valence-corrected chi connectivity index (χ1v) is 4.64. The van der Waals surface area contributed by atoms with E-state index < -0.39 is 0 Å². The number of benzene rings is 1. The summed E-state index contributed by atoms with van der Waals surface area (Å²) in [6, 6.07) is 3.97. The third-order valence-electron chi connectivity index (χ3n) is 2.51. The van der Waals surface area contributed by atoms with Gasteiger partial charge >= 0.3 is 0 Å². The predicted octanol–water partition coefficient (Wildman–Crippen LogP) is 2.69. The van der Waals surface area contributed by atoms with E-state index in [0.717, 1.165) is 22.2 Å². The van der Waals surface area contributed by atoms with Gasteiger partial charge in [-0.2, -0.15) is 0 Å². The van der Waals surface area contributed by atoms with Crippen molar-refractivity contribution in [2.75, 3.05) is 0 Å². The molecule has 0 amide bonds. The van der Waals surface area contributed by atoms with E-state index in [1.54, 1.807) is 6.33 Å². The molecule has 0 unspecified atom stereocenters. The Labute approximate surface area is 87.0 Å². The second-order valence-electron chi connectivity index (χ2n) is 3.47. The topological polar surface area (TPSA) is 66.6 Å². The first-order valence-electron chi connectivity index (χ1n) is 4.64. The molecular weight excluding hydrogens is 190 g/mol. The van der Waals surface area contributed by atoms with Crippen LogP contribution < -0.4 is 0 Å². The Bertz CT molecular complexity index is 548. The van der Waals surface area contributed by atoms with E-state index in [9.17, 15) is 0 Å². The number of hydrogen-bond acceptors (Lipinski definition) is 2. The molecule has 0 saturated carbocycles. The Morgan fingerprint density at radius 2 is 2.33 bits per heavy atom. The maximum absolute atomic E-state index is 8.35. The van der Waals surface area contributed by atoms with Gasteiger partial charge in [0.25, 0.3) is 0 Å². The molecule has 15 heavy (non-hydrogen) atoms. The van der Waals surface area contributed by atoms with Crippen LogP contribution in [0.4, 0.5) is 0 Å². The van der Waals surface area contributed by atoms with Crippen LogP contribution in [0.2, 0.25) is 0 Å². The number of azide groups is 1. The highest BCUT2D eigenvalue weighted by Crippen LogP contribution is 2.21. The minimum atomic E-state index is 0.374. The quantitative estimate of drug-likeness (QED) is 0.418. The zero-order chi connectivity index (χ0) is 10.8. The van der Waals surface area contributed by atoms with Gasteiger partial charge in [0.15, 0.2) is 0 Å². The van der Waals surface area contributed by atoms with Gasteiger partial charge < -0.3 is 4.57 Å². The minimum absolute atomic E-state index is 0.374. The van der Waals surface area contributed by atoms with Crippen LogP contribution in [0, 0.1) is 6.92 Å². The van der Waals surface area contributed by atoms with Crippen LogP contribution >= 0.6 is 0 Å². The second-order valence-corrected chi connectivity index (χ2v) is 3.47. The lowest BCUT2D eigenvalue weighted by molar-refractivity contribution is 0.928. The molecule has 2 aromatic rings. The van der Waals surface area contributed by atoms with Gasteiger partial charge in [0.2, 0.25) is 0 Å². The van der Waals surface area contributed by atoms with Gasteiger partial charge in [-0.1, -0.05) is 11.2 Å². The van der Waals surface area contributed by atoms with Crippen molar-refractivity contribution in [2.24, 2.45) is 12.2 Å². The first-order chi connectivity index (χ1) is 7.24. The molecule has 1 aromatic heterocycles. The molecule has 1 aromatic carbocycles. The standard InChI is InChI=1S/C10H11N5/c1-7-3-4-9-10(15(2)6-12-9)8(7)5-13-14-11/h3-4,6H,5H2,1-2H3. The fourth-order valence-corrected chi connectivity index (χ4v) is 1.73. The maximum Gasteiger partial charge on any atom is 0.0955 e. The molecule has 0 fully saturated rings. The molecule has 0 N–H and O–H groups in total. The summed E-state index contributed by atoms with van der Waals surface area (Å²) < 4.78 is 1.95. The zero-order valence-electron chi connectivity index (χ0n) is 8.68. The van der Waals surface area contributed by atoms with Crippen LogP contribution in [0.15, 0.2) is 23.6 Å². The highest BCUT2D eigenvalue weighted by molar-refractivity contribution is 5.80. The van der Waals surface area contributed by atoms with Gasteiger partial charge in [0, 0.05) is 12.0 Å². The van der Waals surface area contributed by atoms with E-state index in [1.165, 1.54) is 0 Å². The lowest BCUT2D eigenvalue weighted by Crippen LogP contribution is -1.94. The van der Waals surface area contributed by atoms with Crippen LogP contribution in [0.1, 0.15) is 11.1 Å². The van der Waals surface area contributed by atoms with Crippen molar-refractivity contribution >= 4 is 11.0 Å². The molecule has 2 rings (SSSR count). The number of imidazole rings is 1. The van der Waals surface area contributed by atoms with Gasteiger partial charge in [-0.15, -0.1) is 0 Å². The number of fused-ring (bicyclic) bond motifs is 1. The zero-order valence-corrected chi connectivity index (χ0v) is 8.68. The monoisotopic (exact) mass is 201 g/mol. The normalized spacial score (nSPS) is 10.3. The smallest absolute Gasteiger partial charge is 0.0955 e. The molecule has 5 nitrogen and oxygen atoms in total. The Morgan fingerprint density at radius 3 is 3.07 bits per heavy atom. The van der Waals surface area contributed by atoms with Crippen molar-refractivity contribution in [1.29, 1.82) is 0 Å². The molecule has 1 heterocycles. The molecular formula is C10H11N5. The number of hydrogen-bond donors (Lipinski definition) is 0. The van der Waals surface area contributed by atoms with Gasteiger partial charge in [-0.3, -0.25) is 0 Å².